The van der Waals surface area contributed by atoms with Crippen molar-refractivity contribution in [2.24, 2.45) is 28.6 Å². The van der Waals surface area contributed by atoms with Crippen molar-refractivity contribution in [2.75, 3.05) is 11.5 Å². The maximum atomic E-state index is 7.09. The van der Waals surface area contributed by atoms with Crippen LogP contribution in [0.1, 0.15) is 116 Å². The molecule has 0 amide bonds. The van der Waals surface area contributed by atoms with Crippen molar-refractivity contribution in [3.63, 3.8) is 0 Å². The van der Waals surface area contributed by atoms with Gasteiger partial charge in [0.15, 0.2) is 0 Å². The van der Waals surface area contributed by atoms with Gasteiger partial charge in [0.1, 0.15) is 16.8 Å². The van der Waals surface area contributed by atoms with Gasteiger partial charge < -0.3 is 4.74 Å². The summed E-state index contributed by atoms with van der Waals surface area (Å²) < 4.78 is 7.09. The number of hydrogen-bond donors (Lipinski definition) is 0. The van der Waals surface area contributed by atoms with Gasteiger partial charge in [-0.05, 0) is 123 Å². The highest BCUT2D eigenvalue weighted by Gasteiger charge is 2.68. The van der Waals surface area contributed by atoms with Gasteiger partial charge in [0.25, 0.3) is 0 Å². The van der Waals surface area contributed by atoms with Crippen LogP contribution < -0.4 is 0 Å². The summed E-state index contributed by atoms with van der Waals surface area (Å²) in [6.45, 7) is 2.70. The Bertz CT molecular complexity index is 574. The summed E-state index contributed by atoms with van der Waals surface area (Å²) in [4.78, 5) is 0. The molecule has 0 aromatic carbocycles. The van der Waals surface area contributed by atoms with E-state index in [0.717, 1.165) is 33.9 Å². The maximum Gasteiger partial charge on any atom is 0.118 e. The Labute approximate surface area is 189 Å². The van der Waals surface area contributed by atoms with Crippen molar-refractivity contribution >= 4 is 10.9 Å². The molecule has 4 unspecified atom stereocenters. The van der Waals surface area contributed by atoms with Crippen molar-refractivity contribution in [1.82, 2.24) is 0 Å². The summed E-state index contributed by atoms with van der Waals surface area (Å²) in [5.41, 5.74) is 1.33. The SMILES string of the molecule is CC1C23CCCCC2C2CCCCC21CC(OC1CCC([S+]2CCCCC2)CC1)C3. The Morgan fingerprint density at radius 2 is 1.23 bits per heavy atom. The predicted octanol–water partition coefficient (Wildman–Crippen LogP) is 7.28. The minimum atomic E-state index is 0.601. The largest absolute Gasteiger partial charge is 0.375 e. The highest BCUT2D eigenvalue weighted by molar-refractivity contribution is 7.97. The van der Waals surface area contributed by atoms with Crippen molar-refractivity contribution in [3.8, 4) is 0 Å². The van der Waals surface area contributed by atoms with Gasteiger partial charge >= 0.3 is 0 Å². The van der Waals surface area contributed by atoms with Crippen molar-refractivity contribution < 1.29 is 4.74 Å². The third-order valence-electron chi connectivity index (χ3n) is 11.5. The molecule has 30 heavy (non-hydrogen) atoms. The molecule has 6 rings (SSSR count). The minimum absolute atomic E-state index is 0.601. The third-order valence-corrected chi connectivity index (χ3v) is 14.5. The zero-order valence-corrected chi connectivity index (χ0v) is 20.5. The van der Waals surface area contributed by atoms with E-state index in [2.05, 4.69) is 6.92 Å². The summed E-state index contributed by atoms with van der Waals surface area (Å²) >= 11 is 0. The van der Waals surface area contributed by atoms with Gasteiger partial charge in [0.05, 0.1) is 12.2 Å². The van der Waals surface area contributed by atoms with Crippen LogP contribution >= 0.6 is 0 Å². The van der Waals surface area contributed by atoms with Crippen LogP contribution in [0.3, 0.4) is 0 Å². The van der Waals surface area contributed by atoms with Gasteiger partial charge in [-0.1, -0.05) is 32.6 Å². The minimum Gasteiger partial charge on any atom is -0.375 e. The van der Waals surface area contributed by atoms with Crippen molar-refractivity contribution in [1.29, 1.82) is 0 Å². The van der Waals surface area contributed by atoms with Gasteiger partial charge in [-0.15, -0.1) is 0 Å². The Morgan fingerprint density at radius 3 is 1.83 bits per heavy atom. The summed E-state index contributed by atoms with van der Waals surface area (Å²) in [7, 11) is 0.772. The second kappa shape index (κ2) is 8.27. The standard InChI is InChI=1S/C28H47OS/c1-21-27-15-5-3-9-25(27)26-10-4-6-16-28(21,26)20-23(19-27)29-22-11-13-24(14-12-22)30-17-7-2-8-18-30/h21-26H,2-20H2,1H3/q+1. The number of ether oxygens (including phenoxy) is 1. The summed E-state index contributed by atoms with van der Waals surface area (Å²) in [5.74, 6) is 6.20. The molecule has 6 fully saturated rings. The molecule has 5 saturated carbocycles. The van der Waals surface area contributed by atoms with Crippen LogP contribution in [0.15, 0.2) is 0 Å². The highest BCUT2D eigenvalue weighted by atomic mass is 32.2. The third kappa shape index (κ3) is 3.27. The molecular weight excluding hydrogens is 384 g/mol. The Balaban J connectivity index is 1.14. The highest BCUT2D eigenvalue weighted by Crippen LogP contribution is 2.75. The van der Waals surface area contributed by atoms with E-state index < -0.39 is 0 Å². The first-order valence-electron chi connectivity index (χ1n) is 14.0. The fraction of sp³-hybridized carbons (Fsp3) is 1.00. The van der Waals surface area contributed by atoms with Gasteiger partial charge in [-0.3, -0.25) is 0 Å². The second-order valence-corrected chi connectivity index (χ2v) is 15.0. The van der Waals surface area contributed by atoms with Gasteiger partial charge in [0.2, 0.25) is 0 Å². The Morgan fingerprint density at radius 1 is 0.633 bits per heavy atom. The molecule has 0 N–H and O–H groups in total. The lowest BCUT2D eigenvalue weighted by molar-refractivity contribution is -0.124. The van der Waals surface area contributed by atoms with E-state index in [9.17, 15) is 0 Å². The first kappa shape index (κ1) is 20.9. The van der Waals surface area contributed by atoms with Crippen LogP contribution in [0.5, 0.6) is 0 Å². The van der Waals surface area contributed by atoms with Crippen LogP contribution in [0.2, 0.25) is 0 Å². The number of hydrogen-bond acceptors (Lipinski definition) is 1. The lowest BCUT2D eigenvalue weighted by Crippen LogP contribution is -2.48. The lowest BCUT2D eigenvalue weighted by Gasteiger charge is -2.53. The molecule has 6 aliphatic rings. The number of fused-ring (bicyclic) bond motifs is 1. The molecule has 0 aromatic heterocycles. The van der Waals surface area contributed by atoms with E-state index in [1.165, 1.54) is 96.3 Å². The zero-order valence-electron chi connectivity index (χ0n) is 19.7. The number of rotatable bonds is 3. The van der Waals surface area contributed by atoms with E-state index in [1.54, 1.807) is 24.3 Å². The van der Waals surface area contributed by atoms with E-state index in [0.29, 0.717) is 23.0 Å². The van der Waals surface area contributed by atoms with E-state index >= 15 is 0 Å². The summed E-state index contributed by atoms with van der Waals surface area (Å²) in [5, 5.41) is 1.07. The fourth-order valence-electron chi connectivity index (χ4n) is 10.3. The van der Waals surface area contributed by atoms with Crippen LogP contribution in [0, 0.1) is 28.6 Å². The first-order chi connectivity index (χ1) is 14.7. The zero-order chi connectivity index (χ0) is 20.2. The smallest absolute Gasteiger partial charge is 0.118 e. The molecule has 0 aromatic rings. The first-order valence-corrected chi connectivity index (χ1v) is 15.7. The molecule has 170 valence electrons. The molecule has 5 aliphatic carbocycles. The van der Waals surface area contributed by atoms with Crippen molar-refractivity contribution in [2.45, 2.75) is 134 Å². The Kier molecular flexibility index (Phi) is 5.75. The van der Waals surface area contributed by atoms with Gasteiger partial charge in [-0.25, -0.2) is 0 Å². The molecular formula is C28H47OS+. The quantitative estimate of drug-likeness (QED) is 0.427. The van der Waals surface area contributed by atoms with Gasteiger partial charge in [-0.2, -0.15) is 0 Å². The normalized spacial score (nSPS) is 51.9. The van der Waals surface area contributed by atoms with E-state index in [4.69, 9.17) is 4.74 Å². The predicted molar refractivity (Wildman–Crippen MR) is 129 cm³/mol. The molecule has 1 heterocycles. The Hall–Kier alpha value is 0.310. The topological polar surface area (TPSA) is 9.23 Å². The summed E-state index contributed by atoms with van der Waals surface area (Å²) in [6, 6.07) is 0. The second-order valence-electron chi connectivity index (χ2n) is 12.5. The van der Waals surface area contributed by atoms with Crippen LogP contribution in [-0.2, 0) is 15.6 Å². The van der Waals surface area contributed by atoms with Crippen LogP contribution in [0.25, 0.3) is 0 Å². The molecule has 1 aliphatic heterocycles. The van der Waals surface area contributed by atoms with Crippen molar-refractivity contribution in [3.05, 3.63) is 0 Å². The maximum absolute atomic E-state index is 7.09. The molecule has 2 heteroatoms. The van der Waals surface area contributed by atoms with Gasteiger partial charge in [0, 0.05) is 0 Å². The monoisotopic (exact) mass is 431 g/mol. The van der Waals surface area contributed by atoms with E-state index in [1.807, 2.05) is 0 Å². The van der Waals surface area contributed by atoms with Crippen LogP contribution in [-0.4, -0.2) is 29.0 Å². The molecule has 1 nitrogen and oxygen atoms in total. The average molecular weight is 432 g/mol. The molecule has 0 radical (unpaired) electrons. The fourth-order valence-corrected chi connectivity index (χ4v) is 13.2. The molecule has 4 atom stereocenters. The van der Waals surface area contributed by atoms with E-state index in [-0.39, 0.29) is 0 Å². The molecule has 2 bridgehead atoms. The summed E-state index contributed by atoms with van der Waals surface area (Å²) in [6.07, 6.45) is 26.6. The lowest BCUT2D eigenvalue weighted by atomic mass is 9.54. The van der Waals surface area contributed by atoms with Crippen LogP contribution in [0.4, 0.5) is 0 Å². The molecule has 2 spiro atoms. The molecule has 1 saturated heterocycles. The average Bonchev–Trinajstić information content (AvgIpc) is 2.91.